The summed E-state index contributed by atoms with van der Waals surface area (Å²) in [5, 5.41) is 3.08. The van der Waals surface area contributed by atoms with Crippen molar-refractivity contribution in [2.75, 3.05) is 23.3 Å². The number of hydrogen-bond donors (Lipinski definition) is 1. The van der Waals surface area contributed by atoms with E-state index in [1.165, 1.54) is 17.7 Å². The summed E-state index contributed by atoms with van der Waals surface area (Å²) in [7, 11) is 0. The fourth-order valence-electron chi connectivity index (χ4n) is 3.75. The number of hydrogen-bond acceptors (Lipinski definition) is 2. The second-order valence-corrected chi connectivity index (χ2v) is 8.30. The van der Waals surface area contributed by atoms with Crippen molar-refractivity contribution in [1.29, 1.82) is 0 Å². The lowest BCUT2D eigenvalue weighted by Crippen LogP contribution is -2.19. The standard InChI is InChI=1S/C21H23BrN2O/c1-14-9-10-24(13-14)18-7-5-17(6-8-18)23-21(25)20-12-19(20)15-3-2-4-16(22)11-15/h2-8,11,14,19-20H,9-10,12-13H2,1H3,(H,23,25). The van der Waals surface area contributed by atoms with Gasteiger partial charge in [0.15, 0.2) is 0 Å². The van der Waals surface area contributed by atoms with Crippen LogP contribution in [0.2, 0.25) is 0 Å². The molecule has 2 aromatic carbocycles. The molecule has 130 valence electrons. The maximum absolute atomic E-state index is 12.5. The van der Waals surface area contributed by atoms with E-state index in [1.807, 2.05) is 24.3 Å². The first-order chi connectivity index (χ1) is 12.1. The predicted octanol–water partition coefficient (Wildman–Crippen LogP) is 5.04. The van der Waals surface area contributed by atoms with Crippen LogP contribution in [0.1, 0.15) is 31.2 Å². The highest BCUT2D eigenvalue weighted by molar-refractivity contribution is 9.10. The zero-order valence-electron chi connectivity index (χ0n) is 14.4. The first-order valence-electron chi connectivity index (χ1n) is 9.01. The second-order valence-electron chi connectivity index (χ2n) is 7.38. The van der Waals surface area contributed by atoms with Crippen LogP contribution in [-0.2, 0) is 4.79 Å². The van der Waals surface area contributed by atoms with Crippen LogP contribution in [0.25, 0.3) is 0 Å². The van der Waals surface area contributed by atoms with Crippen molar-refractivity contribution in [2.45, 2.75) is 25.7 Å². The van der Waals surface area contributed by atoms with Crippen LogP contribution in [0.4, 0.5) is 11.4 Å². The summed E-state index contributed by atoms with van der Waals surface area (Å²) in [6.45, 7) is 4.55. The minimum atomic E-state index is 0.0911. The van der Waals surface area contributed by atoms with E-state index >= 15 is 0 Å². The fourth-order valence-corrected chi connectivity index (χ4v) is 4.17. The van der Waals surface area contributed by atoms with Crippen LogP contribution in [0.15, 0.2) is 53.0 Å². The number of nitrogens with zero attached hydrogens (tertiary/aromatic N) is 1. The molecule has 4 rings (SSSR count). The zero-order valence-corrected chi connectivity index (χ0v) is 16.0. The number of nitrogens with one attached hydrogen (secondary N) is 1. The molecule has 4 heteroatoms. The van der Waals surface area contributed by atoms with Gasteiger partial charge in [0.1, 0.15) is 0 Å². The topological polar surface area (TPSA) is 32.3 Å². The van der Waals surface area contributed by atoms with Gasteiger partial charge in [-0.1, -0.05) is 35.0 Å². The van der Waals surface area contributed by atoms with Gasteiger partial charge < -0.3 is 10.2 Å². The van der Waals surface area contributed by atoms with Crippen molar-refractivity contribution in [3.8, 4) is 0 Å². The molecule has 0 radical (unpaired) electrons. The third kappa shape index (κ3) is 3.74. The molecular weight excluding hydrogens is 376 g/mol. The Hall–Kier alpha value is -1.81. The molecule has 0 spiro atoms. The largest absolute Gasteiger partial charge is 0.371 e. The highest BCUT2D eigenvalue weighted by Crippen LogP contribution is 2.48. The van der Waals surface area contributed by atoms with Gasteiger partial charge in [-0.2, -0.15) is 0 Å². The van der Waals surface area contributed by atoms with Crippen LogP contribution in [0, 0.1) is 11.8 Å². The van der Waals surface area contributed by atoms with Crippen LogP contribution in [-0.4, -0.2) is 19.0 Å². The zero-order chi connectivity index (χ0) is 17.4. The average Bonchev–Trinajstić information content (AvgIpc) is 3.30. The molecular formula is C21H23BrN2O. The Balaban J connectivity index is 1.35. The summed E-state index contributed by atoms with van der Waals surface area (Å²) in [5.74, 6) is 1.34. The van der Waals surface area contributed by atoms with Crippen molar-refractivity contribution in [3.05, 3.63) is 58.6 Å². The molecule has 2 fully saturated rings. The molecule has 2 aliphatic rings. The summed E-state index contributed by atoms with van der Waals surface area (Å²) in [4.78, 5) is 14.9. The van der Waals surface area contributed by atoms with E-state index in [1.54, 1.807) is 0 Å². The molecule has 3 atom stereocenters. The van der Waals surface area contributed by atoms with Crippen molar-refractivity contribution in [1.82, 2.24) is 0 Å². The van der Waals surface area contributed by atoms with Crippen LogP contribution in [0.3, 0.4) is 0 Å². The van der Waals surface area contributed by atoms with Crippen LogP contribution >= 0.6 is 15.9 Å². The van der Waals surface area contributed by atoms with E-state index < -0.39 is 0 Å². The summed E-state index contributed by atoms with van der Waals surface area (Å²) >= 11 is 3.50. The highest BCUT2D eigenvalue weighted by atomic mass is 79.9. The van der Waals surface area contributed by atoms with Gasteiger partial charge in [0.05, 0.1) is 0 Å². The number of benzene rings is 2. The molecule has 3 nitrogen and oxygen atoms in total. The fraction of sp³-hybridized carbons (Fsp3) is 0.381. The molecule has 1 saturated heterocycles. The van der Waals surface area contributed by atoms with Gasteiger partial charge >= 0.3 is 0 Å². The molecule has 1 saturated carbocycles. The third-order valence-corrected chi connectivity index (χ3v) is 5.82. The van der Waals surface area contributed by atoms with Gasteiger partial charge in [-0.3, -0.25) is 4.79 Å². The lowest BCUT2D eigenvalue weighted by molar-refractivity contribution is -0.117. The molecule has 1 aliphatic heterocycles. The molecule has 25 heavy (non-hydrogen) atoms. The second kappa shape index (κ2) is 6.83. The Labute approximate surface area is 157 Å². The molecule has 1 heterocycles. The Kier molecular flexibility index (Phi) is 4.55. The first-order valence-corrected chi connectivity index (χ1v) is 9.81. The lowest BCUT2D eigenvalue weighted by Gasteiger charge is -2.18. The smallest absolute Gasteiger partial charge is 0.228 e. The molecule has 0 bridgehead atoms. The third-order valence-electron chi connectivity index (χ3n) is 5.33. The normalized spacial score (nSPS) is 25.0. The van der Waals surface area contributed by atoms with Crippen LogP contribution in [0.5, 0.6) is 0 Å². The van der Waals surface area contributed by atoms with Gasteiger partial charge in [-0.25, -0.2) is 0 Å². The number of carbonyl (C=O) groups is 1. The number of rotatable bonds is 4. The Morgan fingerprint density at radius 1 is 1.20 bits per heavy atom. The average molecular weight is 399 g/mol. The lowest BCUT2D eigenvalue weighted by atomic mass is 10.1. The Morgan fingerprint density at radius 3 is 2.68 bits per heavy atom. The number of amides is 1. The van der Waals surface area contributed by atoms with Crippen molar-refractivity contribution in [3.63, 3.8) is 0 Å². The van der Waals surface area contributed by atoms with Crippen molar-refractivity contribution in [2.24, 2.45) is 11.8 Å². The minimum Gasteiger partial charge on any atom is -0.371 e. The molecule has 1 N–H and O–H groups in total. The molecule has 0 aromatic heterocycles. The number of anilines is 2. The van der Waals surface area contributed by atoms with Crippen LogP contribution < -0.4 is 10.2 Å². The molecule has 1 amide bonds. The maximum atomic E-state index is 12.5. The summed E-state index contributed by atoms with van der Waals surface area (Å²) < 4.78 is 1.07. The predicted molar refractivity (Wildman–Crippen MR) is 106 cm³/mol. The highest BCUT2D eigenvalue weighted by Gasteiger charge is 2.43. The quantitative estimate of drug-likeness (QED) is 0.782. The van der Waals surface area contributed by atoms with Crippen molar-refractivity contribution < 1.29 is 4.79 Å². The summed E-state index contributed by atoms with van der Waals surface area (Å²) in [6.07, 6.45) is 2.20. The summed E-state index contributed by atoms with van der Waals surface area (Å²) in [5.41, 5.74) is 3.38. The number of carbonyl (C=O) groups excluding carboxylic acids is 1. The van der Waals surface area contributed by atoms with E-state index in [2.05, 4.69) is 57.3 Å². The Morgan fingerprint density at radius 2 is 2.00 bits per heavy atom. The minimum absolute atomic E-state index is 0.0911. The van der Waals surface area contributed by atoms with E-state index in [-0.39, 0.29) is 11.8 Å². The maximum Gasteiger partial charge on any atom is 0.228 e. The Bertz CT molecular complexity index is 774. The summed E-state index contributed by atoms with van der Waals surface area (Å²) in [6, 6.07) is 16.5. The molecule has 1 aliphatic carbocycles. The number of halogens is 1. The van der Waals surface area contributed by atoms with Crippen molar-refractivity contribution >= 4 is 33.2 Å². The first kappa shape index (κ1) is 16.6. The van der Waals surface area contributed by atoms with Gasteiger partial charge in [-0.05, 0) is 66.6 Å². The molecule has 2 aromatic rings. The molecule has 3 unspecified atom stereocenters. The van der Waals surface area contributed by atoms with E-state index in [9.17, 15) is 4.79 Å². The van der Waals surface area contributed by atoms with E-state index in [0.29, 0.717) is 5.92 Å². The monoisotopic (exact) mass is 398 g/mol. The van der Waals surface area contributed by atoms with Gasteiger partial charge in [0, 0.05) is 34.9 Å². The van der Waals surface area contributed by atoms with Gasteiger partial charge in [-0.15, -0.1) is 0 Å². The van der Waals surface area contributed by atoms with E-state index in [0.717, 1.165) is 35.6 Å². The van der Waals surface area contributed by atoms with Gasteiger partial charge in [0.2, 0.25) is 5.91 Å². The SMILES string of the molecule is CC1CCN(c2ccc(NC(=O)C3CC3c3cccc(Br)c3)cc2)C1. The van der Waals surface area contributed by atoms with E-state index in [4.69, 9.17) is 0 Å². The van der Waals surface area contributed by atoms with Gasteiger partial charge in [0.25, 0.3) is 0 Å².